The SMILES string of the molecule is CCC1(O)CN(C(=O)N(C)C(C)C)C1. The molecule has 0 aliphatic carbocycles. The van der Waals surface area contributed by atoms with Crippen molar-refractivity contribution in [2.45, 2.75) is 38.8 Å². The van der Waals surface area contributed by atoms with E-state index in [1.54, 1.807) is 16.8 Å². The zero-order valence-electron chi connectivity index (χ0n) is 9.45. The van der Waals surface area contributed by atoms with E-state index in [1.165, 1.54) is 0 Å². The fraction of sp³-hybridized carbons (Fsp3) is 0.900. The summed E-state index contributed by atoms with van der Waals surface area (Å²) in [6, 6.07) is 0.218. The molecule has 0 atom stereocenters. The average molecular weight is 200 g/mol. The molecule has 1 rings (SSSR count). The lowest BCUT2D eigenvalue weighted by Crippen LogP contribution is -2.65. The summed E-state index contributed by atoms with van der Waals surface area (Å²) in [5.74, 6) is 0. The Morgan fingerprint density at radius 2 is 2.07 bits per heavy atom. The van der Waals surface area contributed by atoms with E-state index >= 15 is 0 Å². The van der Waals surface area contributed by atoms with E-state index in [9.17, 15) is 9.90 Å². The molecule has 4 heteroatoms. The number of nitrogens with zero attached hydrogens (tertiary/aromatic N) is 2. The minimum atomic E-state index is -0.631. The minimum absolute atomic E-state index is 0.0122. The summed E-state index contributed by atoms with van der Waals surface area (Å²) in [7, 11) is 1.79. The molecule has 4 nitrogen and oxygen atoms in total. The highest BCUT2D eigenvalue weighted by atomic mass is 16.3. The first-order valence-electron chi connectivity index (χ1n) is 5.14. The average Bonchev–Trinajstić information content (AvgIpc) is 2.10. The number of carbonyl (C=O) groups is 1. The molecule has 1 saturated heterocycles. The molecule has 1 fully saturated rings. The Hall–Kier alpha value is -0.770. The molecule has 2 amide bonds. The van der Waals surface area contributed by atoms with Crippen molar-refractivity contribution in [1.29, 1.82) is 0 Å². The van der Waals surface area contributed by atoms with Crippen LogP contribution < -0.4 is 0 Å². The molecule has 1 aliphatic heterocycles. The van der Waals surface area contributed by atoms with Crippen molar-refractivity contribution in [3.8, 4) is 0 Å². The van der Waals surface area contributed by atoms with Crippen LogP contribution in [0.4, 0.5) is 4.79 Å². The summed E-state index contributed by atoms with van der Waals surface area (Å²) in [5, 5.41) is 9.75. The van der Waals surface area contributed by atoms with Crippen molar-refractivity contribution in [2.24, 2.45) is 0 Å². The lowest BCUT2D eigenvalue weighted by molar-refractivity contribution is -0.0829. The van der Waals surface area contributed by atoms with Crippen LogP contribution in [-0.2, 0) is 0 Å². The third-order valence-electron chi connectivity index (χ3n) is 2.98. The second kappa shape index (κ2) is 3.77. The predicted octanol–water partition coefficient (Wildman–Crippen LogP) is 0.903. The van der Waals surface area contributed by atoms with Gasteiger partial charge >= 0.3 is 6.03 Å². The highest BCUT2D eigenvalue weighted by molar-refractivity contribution is 5.75. The number of carbonyl (C=O) groups excluding carboxylic acids is 1. The Kier molecular flexibility index (Phi) is 3.04. The molecule has 0 spiro atoms. The van der Waals surface area contributed by atoms with Crippen molar-refractivity contribution in [3.63, 3.8) is 0 Å². The molecule has 0 aromatic carbocycles. The molecule has 1 heterocycles. The molecule has 1 N–H and O–H groups in total. The van der Waals surface area contributed by atoms with Crippen molar-refractivity contribution >= 4 is 6.03 Å². The zero-order valence-corrected chi connectivity index (χ0v) is 9.45. The molecule has 0 saturated carbocycles. The van der Waals surface area contributed by atoms with Gasteiger partial charge in [-0.25, -0.2) is 4.79 Å². The highest BCUT2D eigenvalue weighted by Crippen LogP contribution is 2.25. The van der Waals surface area contributed by atoms with E-state index in [4.69, 9.17) is 0 Å². The van der Waals surface area contributed by atoms with Gasteiger partial charge in [-0.05, 0) is 20.3 Å². The normalized spacial score (nSPS) is 19.4. The summed E-state index contributed by atoms with van der Waals surface area (Å²) in [6.07, 6.45) is 0.710. The lowest BCUT2D eigenvalue weighted by Gasteiger charge is -2.47. The van der Waals surface area contributed by atoms with Gasteiger partial charge in [0.25, 0.3) is 0 Å². The Balaban J connectivity index is 2.44. The molecule has 0 aromatic rings. The second-order valence-corrected chi connectivity index (χ2v) is 4.42. The topological polar surface area (TPSA) is 43.8 Å². The van der Waals surface area contributed by atoms with Gasteiger partial charge in [0.15, 0.2) is 0 Å². The van der Waals surface area contributed by atoms with E-state index in [2.05, 4.69) is 0 Å². The number of rotatable bonds is 2. The molecule has 0 radical (unpaired) electrons. The number of β-amino-alcohol motifs (C(OH)–C–C–N with tert-alkyl or cyclic N) is 1. The number of aliphatic hydroxyl groups is 1. The van der Waals surface area contributed by atoms with Gasteiger partial charge in [-0.3, -0.25) is 0 Å². The summed E-state index contributed by atoms with van der Waals surface area (Å²) < 4.78 is 0. The van der Waals surface area contributed by atoms with E-state index < -0.39 is 5.60 Å². The van der Waals surface area contributed by atoms with Crippen LogP contribution in [0, 0.1) is 0 Å². The van der Waals surface area contributed by atoms with Crippen molar-refractivity contribution in [2.75, 3.05) is 20.1 Å². The fourth-order valence-corrected chi connectivity index (χ4v) is 1.47. The number of hydrogen-bond acceptors (Lipinski definition) is 2. The number of urea groups is 1. The first-order valence-corrected chi connectivity index (χ1v) is 5.14. The molecule has 82 valence electrons. The fourth-order valence-electron chi connectivity index (χ4n) is 1.47. The Morgan fingerprint density at radius 1 is 1.57 bits per heavy atom. The van der Waals surface area contributed by atoms with Crippen molar-refractivity contribution < 1.29 is 9.90 Å². The Labute approximate surface area is 85.5 Å². The van der Waals surface area contributed by atoms with Crippen LogP contribution >= 0.6 is 0 Å². The summed E-state index contributed by atoms with van der Waals surface area (Å²) in [5.41, 5.74) is -0.631. The minimum Gasteiger partial charge on any atom is -0.386 e. The van der Waals surface area contributed by atoms with Crippen LogP contribution in [0.2, 0.25) is 0 Å². The predicted molar refractivity (Wildman–Crippen MR) is 55.1 cm³/mol. The molecule has 0 unspecified atom stereocenters. The summed E-state index contributed by atoms with van der Waals surface area (Å²) in [6.45, 7) is 6.83. The van der Waals surface area contributed by atoms with Gasteiger partial charge < -0.3 is 14.9 Å². The summed E-state index contributed by atoms with van der Waals surface area (Å²) >= 11 is 0. The number of hydrogen-bond donors (Lipinski definition) is 1. The maximum absolute atomic E-state index is 11.7. The van der Waals surface area contributed by atoms with E-state index in [1.807, 2.05) is 20.8 Å². The van der Waals surface area contributed by atoms with Crippen LogP contribution in [0.15, 0.2) is 0 Å². The van der Waals surface area contributed by atoms with Gasteiger partial charge in [-0.15, -0.1) is 0 Å². The van der Waals surface area contributed by atoms with E-state index in [0.717, 1.165) is 0 Å². The molecule has 0 aromatic heterocycles. The van der Waals surface area contributed by atoms with Crippen LogP contribution in [0.5, 0.6) is 0 Å². The third-order valence-corrected chi connectivity index (χ3v) is 2.98. The van der Waals surface area contributed by atoms with Crippen LogP contribution in [0.25, 0.3) is 0 Å². The smallest absolute Gasteiger partial charge is 0.320 e. The maximum Gasteiger partial charge on any atom is 0.320 e. The number of amides is 2. The van der Waals surface area contributed by atoms with Gasteiger partial charge in [0.1, 0.15) is 0 Å². The Bertz CT molecular complexity index is 222. The quantitative estimate of drug-likeness (QED) is 0.720. The molecule has 14 heavy (non-hydrogen) atoms. The zero-order chi connectivity index (χ0) is 10.9. The van der Waals surface area contributed by atoms with Crippen molar-refractivity contribution in [3.05, 3.63) is 0 Å². The first kappa shape index (κ1) is 11.3. The molecule has 1 aliphatic rings. The van der Waals surface area contributed by atoms with E-state index in [0.29, 0.717) is 19.5 Å². The maximum atomic E-state index is 11.7. The number of likely N-dealkylation sites (tertiary alicyclic amines) is 1. The van der Waals surface area contributed by atoms with Gasteiger partial charge in [0.2, 0.25) is 0 Å². The largest absolute Gasteiger partial charge is 0.386 e. The van der Waals surface area contributed by atoms with Crippen LogP contribution in [0.1, 0.15) is 27.2 Å². The third kappa shape index (κ3) is 2.00. The standard InChI is InChI=1S/C10H20N2O2/c1-5-10(14)6-12(7-10)9(13)11(4)8(2)3/h8,14H,5-7H2,1-4H3. The highest BCUT2D eigenvalue weighted by Gasteiger charge is 2.43. The van der Waals surface area contributed by atoms with Crippen molar-refractivity contribution in [1.82, 2.24) is 9.80 Å². The lowest BCUT2D eigenvalue weighted by atomic mass is 9.92. The van der Waals surface area contributed by atoms with Crippen LogP contribution in [0.3, 0.4) is 0 Å². The van der Waals surface area contributed by atoms with E-state index in [-0.39, 0.29) is 12.1 Å². The second-order valence-electron chi connectivity index (χ2n) is 4.42. The molecule has 0 bridgehead atoms. The van der Waals surface area contributed by atoms with Gasteiger partial charge in [-0.2, -0.15) is 0 Å². The summed E-state index contributed by atoms with van der Waals surface area (Å²) in [4.78, 5) is 15.1. The van der Waals surface area contributed by atoms with Gasteiger partial charge in [-0.1, -0.05) is 6.92 Å². The van der Waals surface area contributed by atoms with Gasteiger partial charge in [0, 0.05) is 13.1 Å². The molecular formula is C10H20N2O2. The van der Waals surface area contributed by atoms with Crippen LogP contribution in [-0.4, -0.2) is 52.7 Å². The Morgan fingerprint density at radius 3 is 2.43 bits per heavy atom. The molecular weight excluding hydrogens is 180 g/mol. The monoisotopic (exact) mass is 200 g/mol. The first-order chi connectivity index (χ1) is 6.39. The van der Waals surface area contributed by atoms with Gasteiger partial charge in [0.05, 0.1) is 18.7 Å².